The van der Waals surface area contributed by atoms with Crippen LogP contribution in [0.3, 0.4) is 0 Å². The SMILES string of the molecule is Cc1cccc(N(CCCN)C(=O)CC(C)C(C)(C)C)c1. The van der Waals surface area contributed by atoms with Gasteiger partial charge < -0.3 is 10.6 Å². The number of anilines is 1. The second-order valence-corrected chi connectivity index (χ2v) is 7.00. The predicted octanol–water partition coefficient (Wildman–Crippen LogP) is 3.75. The van der Waals surface area contributed by atoms with Crippen molar-refractivity contribution in [2.24, 2.45) is 17.1 Å². The van der Waals surface area contributed by atoms with E-state index in [2.05, 4.69) is 33.8 Å². The molecule has 0 aliphatic carbocycles. The highest BCUT2D eigenvalue weighted by atomic mass is 16.2. The molecule has 0 saturated heterocycles. The standard InChI is InChI=1S/C18H30N2O/c1-14-8-6-9-16(12-14)20(11-7-10-19)17(21)13-15(2)18(3,4)5/h6,8-9,12,15H,7,10-11,13,19H2,1-5H3. The van der Waals surface area contributed by atoms with E-state index in [1.165, 1.54) is 5.56 Å². The summed E-state index contributed by atoms with van der Waals surface area (Å²) in [6.07, 6.45) is 1.39. The van der Waals surface area contributed by atoms with Crippen LogP contribution in [0.2, 0.25) is 0 Å². The number of carbonyl (C=O) groups excluding carboxylic acids is 1. The van der Waals surface area contributed by atoms with E-state index in [9.17, 15) is 4.79 Å². The number of benzene rings is 1. The zero-order chi connectivity index (χ0) is 16.0. The number of aryl methyl sites for hydroxylation is 1. The van der Waals surface area contributed by atoms with Crippen LogP contribution in [-0.2, 0) is 4.79 Å². The summed E-state index contributed by atoms with van der Waals surface area (Å²) in [5.74, 6) is 0.534. The zero-order valence-corrected chi connectivity index (χ0v) is 14.1. The summed E-state index contributed by atoms with van der Waals surface area (Å²) in [5.41, 5.74) is 7.91. The van der Waals surface area contributed by atoms with Gasteiger partial charge in [-0.25, -0.2) is 0 Å². The van der Waals surface area contributed by atoms with Gasteiger partial charge in [-0.3, -0.25) is 4.79 Å². The monoisotopic (exact) mass is 290 g/mol. The fourth-order valence-electron chi connectivity index (χ4n) is 2.12. The van der Waals surface area contributed by atoms with Crippen LogP contribution in [0.5, 0.6) is 0 Å². The molecule has 21 heavy (non-hydrogen) atoms. The van der Waals surface area contributed by atoms with Crippen molar-refractivity contribution in [3.63, 3.8) is 0 Å². The molecular formula is C18H30N2O. The second-order valence-electron chi connectivity index (χ2n) is 7.00. The van der Waals surface area contributed by atoms with Crippen LogP contribution in [0, 0.1) is 18.3 Å². The molecule has 0 fully saturated rings. The molecule has 1 aromatic carbocycles. The molecular weight excluding hydrogens is 260 g/mol. The Kier molecular flexibility index (Phi) is 6.41. The molecule has 0 heterocycles. The fourth-order valence-corrected chi connectivity index (χ4v) is 2.12. The summed E-state index contributed by atoms with van der Waals surface area (Å²) < 4.78 is 0. The number of amides is 1. The Hall–Kier alpha value is -1.35. The first kappa shape index (κ1) is 17.7. The minimum absolute atomic E-state index is 0.141. The van der Waals surface area contributed by atoms with Gasteiger partial charge in [0, 0.05) is 18.7 Å². The third kappa shape index (κ3) is 5.50. The van der Waals surface area contributed by atoms with Crippen LogP contribution in [0.15, 0.2) is 24.3 Å². The van der Waals surface area contributed by atoms with Gasteiger partial charge in [-0.15, -0.1) is 0 Å². The zero-order valence-electron chi connectivity index (χ0n) is 14.1. The van der Waals surface area contributed by atoms with Crippen molar-refractivity contribution in [2.75, 3.05) is 18.0 Å². The average molecular weight is 290 g/mol. The Labute approximate surface area is 129 Å². The molecule has 0 spiro atoms. The van der Waals surface area contributed by atoms with Gasteiger partial charge in [-0.2, -0.15) is 0 Å². The molecule has 1 amide bonds. The number of hydrogen-bond donors (Lipinski definition) is 1. The maximum atomic E-state index is 12.7. The lowest BCUT2D eigenvalue weighted by Gasteiger charge is -2.30. The minimum atomic E-state index is 0.141. The smallest absolute Gasteiger partial charge is 0.227 e. The van der Waals surface area contributed by atoms with Crippen molar-refractivity contribution in [1.29, 1.82) is 0 Å². The molecule has 0 bridgehead atoms. The van der Waals surface area contributed by atoms with Crippen molar-refractivity contribution in [2.45, 2.75) is 47.5 Å². The third-order valence-electron chi connectivity index (χ3n) is 4.16. The maximum absolute atomic E-state index is 12.7. The van der Waals surface area contributed by atoms with E-state index in [1.54, 1.807) is 0 Å². The summed E-state index contributed by atoms with van der Waals surface area (Å²) in [4.78, 5) is 14.6. The van der Waals surface area contributed by atoms with Crippen LogP contribution in [0.1, 0.15) is 46.1 Å². The summed E-state index contributed by atoms with van der Waals surface area (Å²) in [6, 6.07) is 8.12. The van der Waals surface area contributed by atoms with Gasteiger partial charge in [0.1, 0.15) is 0 Å². The summed E-state index contributed by atoms with van der Waals surface area (Å²) in [7, 11) is 0. The van der Waals surface area contributed by atoms with E-state index in [4.69, 9.17) is 5.73 Å². The Morgan fingerprint density at radius 3 is 2.52 bits per heavy atom. The number of carbonyl (C=O) groups is 1. The number of hydrogen-bond acceptors (Lipinski definition) is 2. The van der Waals surface area contributed by atoms with E-state index < -0.39 is 0 Å². The minimum Gasteiger partial charge on any atom is -0.330 e. The van der Waals surface area contributed by atoms with E-state index in [0.717, 1.165) is 12.1 Å². The van der Waals surface area contributed by atoms with Crippen LogP contribution < -0.4 is 10.6 Å². The van der Waals surface area contributed by atoms with Crippen molar-refractivity contribution in [1.82, 2.24) is 0 Å². The maximum Gasteiger partial charge on any atom is 0.227 e. The number of rotatable bonds is 6. The molecule has 0 aliphatic rings. The quantitative estimate of drug-likeness (QED) is 0.867. The first-order valence-electron chi connectivity index (χ1n) is 7.83. The van der Waals surface area contributed by atoms with Gasteiger partial charge >= 0.3 is 0 Å². The van der Waals surface area contributed by atoms with Gasteiger partial charge in [-0.1, -0.05) is 39.8 Å². The average Bonchev–Trinajstić information content (AvgIpc) is 2.38. The van der Waals surface area contributed by atoms with Gasteiger partial charge in [0.2, 0.25) is 5.91 Å². The molecule has 1 rings (SSSR count). The van der Waals surface area contributed by atoms with Gasteiger partial charge in [-0.05, 0) is 48.9 Å². The number of nitrogens with two attached hydrogens (primary N) is 1. The molecule has 0 saturated carbocycles. The van der Waals surface area contributed by atoms with Crippen LogP contribution >= 0.6 is 0 Å². The Bertz CT molecular complexity index is 463. The predicted molar refractivity (Wildman–Crippen MR) is 90.4 cm³/mol. The molecule has 3 nitrogen and oxygen atoms in total. The lowest BCUT2D eigenvalue weighted by Crippen LogP contribution is -2.35. The van der Waals surface area contributed by atoms with Gasteiger partial charge in [0.05, 0.1) is 0 Å². The van der Waals surface area contributed by atoms with Crippen LogP contribution in [0.4, 0.5) is 5.69 Å². The van der Waals surface area contributed by atoms with Crippen molar-refractivity contribution < 1.29 is 4.79 Å². The largest absolute Gasteiger partial charge is 0.330 e. The first-order chi connectivity index (χ1) is 9.75. The van der Waals surface area contributed by atoms with Crippen LogP contribution in [-0.4, -0.2) is 19.0 Å². The molecule has 118 valence electrons. The molecule has 1 aromatic rings. The summed E-state index contributed by atoms with van der Waals surface area (Å²) in [5, 5.41) is 0. The first-order valence-corrected chi connectivity index (χ1v) is 7.83. The summed E-state index contributed by atoms with van der Waals surface area (Å²) in [6.45, 7) is 12.0. The Balaban J connectivity index is 2.89. The lowest BCUT2D eigenvalue weighted by atomic mass is 9.80. The molecule has 0 aliphatic heterocycles. The Morgan fingerprint density at radius 2 is 2.00 bits per heavy atom. The molecule has 0 aromatic heterocycles. The molecule has 3 heteroatoms. The number of nitrogens with zero attached hydrogens (tertiary/aromatic N) is 1. The fraction of sp³-hybridized carbons (Fsp3) is 0.611. The second kappa shape index (κ2) is 7.60. The highest BCUT2D eigenvalue weighted by molar-refractivity contribution is 5.93. The lowest BCUT2D eigenvalue weighted by molar-refractivity contribution is -0.120. The van der Waals surface area contributed by atoms with Gasteiger partial charge in [0.15, 0.2) is 0 Å². The normalized spacial score (nSPS) is 13.0. The Morgan fingerprint density at radius 1 is 1.33 bits per heavy atom. The highest BCUT2D eigenvalue weighted by Gasteiger charge is 2.25. The van der Waals surface area contributed by atoms with Crippen LogP contribution in [0.25, 0.3) is 0 Å². The van der Waals surface area contributed by atoms with E-state index in [1.807, 2.05) is 30.0 Å². The molecule has 1 atom stereocenters. The van der Waals surface area contributed by atoms with Crippen molar-refractivity contribution >= 4 is 11.6 Å². The highest BCUT2D eigenvalue weighted by Crippen LogP contribution is 2.29. The van der Waals surface area contributed by atoms with Gasteiger partial charge in [0.25, 0.3) is 0 Å². The van der Waals surface area contributed by atoms with Crippen molar-refractivity contribution in [3.8, 4) is 0 Å². The third-order valence-corrected chi connectivity index (χ3v) is 4.16. The summed E-state index contributed by atoms with van der Waals surface area (Å²) >= 11 is 0. The van der Waals surface area contributed by atoms with Crippen molar-refractivity contribution in [3.05, 3.63) is 29.8 Å². The molecule has 2 N–H and O–H groups in total. The molecule has 1 unspecified atom stereocenters. The van der Waals surface area contributed by atoms with E-state index in [0.29, 0.717) is 25.4 Å². The van der Waals surface area contributed by atoms with E-state index >= 15 is 0 Å². The van der Waals surface area contributed by atoms with E-state index in [-0.39, 0.29) is 11.3 Å². The molecule has 0 radical (unpaired) electrons. The topological polar surface area (TPSA) is 46.3 Å².